The molecule has 0 saturated carbocycles. The van der Waals surface area contributed by atoms with Gasteiger partial charge in [0.2, 0.25) is 0 Å². The van der Waals surface area contributed by atoms with E-state index in [-0.39, 0.29) is 6.61 Å². The standard InChI is InChI=1S/C14H14N2O2S/c1-2-18-12-5-3-10(4-6-12)13-9-19-14-15-11(8-17)7-16(13)14/h3-7,9,17H,2,8H2,1H3. The smallest absolute Gasteiger partial charge is 0.194 e. The molecular formula is C14H14N2O2S. The van der Waals surface area contributed by atoms with E-state index in [1.54, 1.807) is 11.3 Å². The maximum atomic E-state index is 9.13. The van der Waals surface area contributed by atoms with Crippen LogP contribution in [0.3, 0.4) is 0 Å². The lowest BCUT2D eigenvalue weighted by Crippen LogP contribution is -1.91. The van der Waals surface area contributed by atoms with Crippen molar-refractivity contribution < 1.29 is 9.84 Å². The number of ether oxygens (including phenoxy) is 1. The van der Waals surface area contributed by atoms with Crippen LogP contribution in [0.2, 0.25) is 0 Å². The molecule has 0 aliphatic rings. The van der Waals surface area contributed by atoms with E-state index in [2.05, 4.69) is 10.4 Å². The molecule has 0 aliphatic heterocycles. The number of hydrogen-bond acceptors (Lipinski definition) is 4. The number of nitrogens with zero attached hydrogens (tertiary/aromatic N) is 2. The van der Waals surface area contributed by atoms with E-state index in [1.807, 2.05) is 41.8 Å². The van der Waals surface area contributed by atoms with Gasteiger partial charge in [0, 0.05) is 11.6 Å². The minimum atomic E-state index is -0.0306. The Hall–Kier alpha value is -1.85. The average Bonchev–Trinajstić information content (AvgIpc) is 2.99. The Labute approximate surface area is 114 Å². The van der Waals surface area contributed by atoms with Crippen molar-refractivity contribution in [3.8, 4) is 17.0 Å². The van der Waals surface area contributed by atoms with Crippen LogP contribution in [0.15, 0.2) is 35.8 Å². The van der Waals surface area contributed by atoms with Crippen molar-refractivity contribution in [3.63, 3.8) is 0 Å². The Morgan fingerprint density at radius 3 is 2.79 bits per heavy atom. The second kappa shape index (κ2) is 5.03. The predicted molar refractivity (Wildman–Crippen MR) is 75.6 cm³/mol. The summed E-state index contributed by atoms with van der Waals surface area (Å²) in [4.78, 5) is 5.23. The highest BCUT2D eigenvalue weighted by molar-refractivity contribution is 7.15. The van der Waals surface area contributed by atoms with E-state index in [4.69, 9.17) is 9.84 Å². The molecule has 1 N–H and O–H groups in total. The number of benzene rings is 1. The predicted octanol–water partition coefficient (Wildman–Crippen LogP) is 2.95. The number of aliphatic hydroxyl groups is 1. The molecule has 0 aliphatic carbocycles. The summed E-state index contributed by atoms with van der Waals surface area (Å²) in [5.41, 5.74) is 2.88. The van der Waals surface area contributed by atoms with Crippen molar-refractivity contribution in [2.24, 2.45) is 0 Å². The molecule has 1 aromatic carbocycles. The molecule has 0 fully saturated rings. The minimum Gasteiger partial charge on any atom is -0.494 e. The van der Waals surface area contributed by atoms with Crippen molar-refractivity contribution >= 4 is 16.3 Å². The maximum Gasteiger partial charge on any atom is 0.194 e. The fraction of sp³-hybridized carbons (Fsp3) is 0.214. The third-order valence-electron chi connectivity index (χ3n) is 2.88. The van der Waals surface area contributed by atoms with Crippen molar-refractivity contribution in [2.45, 2.75) is 13.5 Å². The molecule has 19 heavy (non-hydrogen) atoms. The molecule has 98 valence electrons. The molecule has 0 radical (unpaired) electrons. The average molecular weight is 274 g/mol. The normalized spacial score (nSPS) is 11.1. The number of thiazole rings is 1. The minimum absolute atomic E-state index is 0.0306. The summed E-state index contributed by atoms with van der Waals surface area (Å²) < 4.78 is 7.44. The van der Waals surface area contributed by atoms with E-state index in [0.29, 0.717) is 12.3 Å². The van der Waals surface area contributed by atoms with Gasteiger partial charge in [-0.15, -0.1) is 11.3 Å². The molecule has 3 rings (SSSR count). The number of fused-ring (bicyclic) bond motifs is 1. The quantitative estimate of drug-likeness (QED) is 0.795. The molecule has 0 saturated heterocycles. The molecule has 0 amide bonds. The van der Waals surface area contributed by atoms with Gasteiger partial charge in [-0.3, -0.25) is 4.40 Å². The summed E-state index contributed by atoms with van der Waals surface area (Å²) in [5.74, 6) is 0.874. The molecule has 2 heterocycles. The van der Waals surface area contributed by atoms with Crippen LogP contribution in [0, 0.1) is 0 Å². The zero-order chi connectivity index (χ0) is 13.2. The van der Waals surface area contributed by atoms with E-state index >= 15 is 0 Å². The van der Waals surface area contributed by atoms with Crippen LogP contribution in [-0.4, -0.2) is 21.1 Å². The monoisotopic (exact) mass is 274 g/mol. The highest BCUT2D eigenvalue weighted by Crippen LogP contribution is 2.27. The summed E-state index contributed by atoms with van der Waals surface area (Å²) in [7, 11) is 0. The molecule has 0 atom stereocenters. The van der Waals surface area contributed by atoms with Crippen LogP contribution in [0.5, 0.6) is 5.75 Å². The zero-order valence-electron chi connectivity index (χ0n) is 10.5. The third kappa shape index (κ3) is 2.22. The van der Waals surface area contributed by atoms with Gasteiger partial charge in [0.25, 0.3) is 0 Å². The molecule has 3 aromatic rings. The Morgan fingerprint density at radius 1 is 1.32 bits per heavy atom. The van der Waals surface area contributed by atoms with E-state index < -0.39 is 0 Å². The fourth-order valence-corrected chi connectivity index (χ4v) is 2.90. The van der Waals surface area contributed by atoms with Crippen LogP contribution < -0.4 is 4.74 Å². The van der Waals surface area contributed by atoms with Gasteiger partial charge >= 0.3 is 0 Å². The first-order chi connectivity index (χ1) is 9.31. The van der Waals surface area contributed by atoms with Crippen LogP contribution in [0.25, 0.3) is 16.2 Å². The van der Waals surface area contributed by atoms with Gasteiger partial charge in [0.1, 0.15) is 5.75 Å². The highest BCUT2D eigenvalue weighted by Gasteiger charge is 2.09. The number of aromatic nitrogens is 2. The number of aliphatic hydroxyl groups excluding tert-OH is 1. The second-order valence-electron chi connectivity index (χ2n) is 4.12. The summed E-state index contributed by atoms with van der Waals surface area (Å²) in [6, 6.07) is 7.99. The zero-order valence-corrected chi connectivity index (χ0v) is 11.4. The first-order valence-electron chi connectivity index (χ1n) is 6.11. The Morgan fingerprint density at radius 2 is 2.11 bits per heavy atom. The summed E-state index contributed by atoms with van der Waals surface area (Å²) in [6.45, 7) is 2.61. The van der Waals surface area contributed by atoms with E-state index in [0.717, 1.165) is 22.0 Å². The largest absolute Gasteiger partial charge is 0.494 e. The number of rotatable bonds is 4. The molecule has 2 aromatic heterocycles. The highest BCUT2D eigenvalue weighted by atomic mass is 32.1. The summed E-state index contributed by atoms with van der Waals surface area (Å²) in [6.07, 6.45) is 1.87. The van der Waals surface area contributed by atoms with Gasteiger partial charge < -0.3 is 9.84 Å². The Bertz CT molecular complexity index is 685. The first-order valence-corrected chi connectivity index (χ1v) is 6.99. The van der Waals surface area contributed by atoms with Gasteiger partial charge in [-0.05, 0) is 36.8 Å². The van der Waals surface area contributed by atoms with E-state index in [9.17, 15) is 0 Å². The van der Waals surface area contributed by atoms with Crippen LogP contribution >= 0.6 is 11.3 Å². The summed E-state index contributed by atoms with van der Waals surface area (Å²) in [5, 5.41) is 11.2. The van der Waals surface area contributed by atoms with Gasteiger partial charge in [-0.1, -0.05) is 0 Å². The number of imidazole rings is 1. The number of hydrogen-bond donors (Lipinski definition) is 1. The molecule has 0 spiro atoms. The Balaban J connectivity index is 2.00. The van der Waals surface area contributed by atoms with Crippen LogP contribution in [0.4, 0.5) is 0 Å². The van der Waals surface area contributed by atoms with Gasteiger partial charge in [-0.2, -0.15) is 0 Å². The summed E-state index contributed by atoms with van der Waals surface area (Å²) >= 11 is 1.57. The van der Waals surface area contributed by atoms with Gasteiger partial charge in [0.15, 0.2) is 4.96 Å². The van der Waals surface area contributed by atoms with Crippen molar-refractivity contribution in [1.29, 1.82) is 0 Å². The molecular weight excluding hydrogens is 260 g/mol. The Kier molecular flexibility index (Phi) is 3.23. The maximum absolute atomic E-state index is 9.13. The van der Waals surface area contributed by atoms with E-state index in [1.165, 1.54) is 0 Å². The van der Waals surface area contributed by atoms with Crippen molar-refractivity contribution in [3.05, 3.63) is 41.5 Å². The third-order valence-corrected chi connectivity index (χ3v) is 3.72. The first kappa shape index (κ1) is 12.2. The van der Waals surface area contributed by atoms with Crippen molar-refractivity contribution in [1.82, 2.24) is 9.38 Å². The van der Waals surface area contributed by atoms with Crippen LogP contribution in [0.1, 0.15) is 12.6 Å². The SMILES string of the molecule is CCOc1ccc(-c2csc3nc(CO)cn23)cc1. The van der Waals surface area contributed by atoms with Crippen molar-refractivity contribution in [2.75, 3.05) is 6.61 Å². The lowest BCUT2D eigenvalue weighted by atomic mass is 10.2. The molecule has 0 unspecified atom stereocenters. The molecule has 4 nitrogen and oxygen atoms in total. The van der Waals surface area contributed by atoms with Crippen LogP contribution in [-0.2, 0) is 6.61 Å². The topological polar surface area (TPSA) is 46.8 Å². The lowest BCUT2D eigenvalue weighted by Gasteiger charge is -2.04. The second-order valence-corrected chi connectivity index (χ2v) is 4.96. The molecule has 5 heteroatoms. The lowest BCUT2D eigenvalue weighted by molar-refractivity contribution is 0.277. The fourth-order valence-electron chi connectivity index (χ4n) is 2.00. The molecule has 0 bridgehead atoms. The van der Waals surface area contributed by atoms with Gasteiger partial charge in [-0.25, -0.2) is 4.98 Å². The van der Waals surface area contributed by atoms with Gasteiger partial charge in [0.05, 0.1) is 24.6 Å².